The first-order chi connectivity index (χ1) is 6.03. The highest BCUT2D eigenvalue weighted by Crippen LogP contribution is 2.28. The highest BCUT2D eigenvalue weighted by atomic mass is 16.5. The van der Waals surface area contributed by atoms with Crippen LogP contribution in [0.4, 0.5) is 0 Å². The Kier molecular flexibility index (Phi) is 3.74. The van der Waals surface area contributed by atoms with Crippen LogP contribution in [0, 0.1) is 0 Å². The zero-order valence-electron chi connectivity index (χ0n) is 9.47. The molecule has 0 spiro atoms. The van der Waals surface area contributed by atoms with Crippen LogP contribution in [0.5, 0.6) is 0 Å². The Hall–Kier alpha value is -0.0800. The second kappa shape index (κ2) is 4.43. The lowest BCUT2D eigenvalue weighted by molar-refractivity contribution is 0.00554. The van der Waals surface area contributed by atoms with Crippen LogP contribution in [0.25, 0.3) is 0 Å². The second-order valence-electron chi connectivity index (χ2n) is 4.73. The maximum atomic E-state index is 5.74. The van der Waals surface area contributed by atoms with E-state index in [1.165, 1.54) is 19.3 Å². The molecule has 0 aromatic heterocycles. The van der Waals surface area contributed by atoms with Crippen LogP contribution >= 0.6 is 0 Å². The third-order valence-electron chi connectivity index (χ3n) is 3.18. The van der Waals surface area contributed by atoms with E-state index in [1.807, 2.05) is 0 Å². The largest absolute Gasteiger partial charge is 0.375 e. The van der Waals surface area contributed by atoms with Crippen molar-refractivity contribution in [3.63, 3.8) is 0 Å². The van der Waals surface area contributed by atoms with Crippen molar-refractivity contribution in [2.24, 2.45) is 0 Å². The van der Waals surface area contributed by atoms with Crippen molar-refractivity contribution in [1.82, 2.24) is 4.90 Å². The van der Waals surface area contributed by atoms with Crippen LogP contribution in [0.2, 0.25) is 0 Å². The van der Waals surface area contributed by atoms with E-state index in [4.69, 9.17) is 4.74 Å². The van der Waals surface area contributed by atoms with Gasteiger partial charge in [-0.25, -0.2) is 0 Å². The molecule has 13 heavy (non-hydrogen) atoms. The Bertz CT molecular complexity index is 150. The van der Waals surface area contributed by atoms with Crippen LogP contribution in [0.3, 0.4) is 0 Å². The fourth-order valence-corrected chi connectivity index (χ4v) is 1.71. The molecule has 1 aliphatic rings. The lowest BCUT2D eigenvalue weighted by Crippen LogP contribution is -2.33. The molecule has 1 saturated heterocycles. The van der Waals surface area contributed by atoms with Crippen LogP contribution in [-0.2, 0) is 4.74 Å². The molecule has 2 nitrogen and oxygen atoms in total. The van der Waals surface area contributed by atoms with E-state index < -0.39 is 0 Å². The molecule has 1 rings (SSSR count). The molecule has 1 aliphatic heterocycles. The van der Waals surface area contributed by atoms with Gasteiger partial charge in [0.2, 0.25) is 0 Å². The summed E-state index contributed by atoms with van der Waals surface area (Å²) >= 11 is 0. The van der Waals surface area contributed by atoms with Crippen molar-refractivity contribution in [1.29, 1.82) is 0 Å². The van der Waals surface area contributed by atoms with E-state index in [1.54, 1.807) is 0 Å². The molecule has 1 atom stereocenters. The molecule has 1 heterocycles. The Morgan fingerprint density at radius 3 is 2.62 bits per heavy atom. The molecular formula is C11H23NO. The van der Waals surface area contributed by atoms with Gasteiger partial charge in [-0.15, -0.1) is 0 Å². The van der Waals surface area contributed by atoms with Gasteiger partial charge >= 0.3 is 0 Å². The summed E-state index contributed by atoms with van der Waals surface area (Å²) in [5.74, 6) is 0. The smallest absolute Gasteiger partial charge is 0.0667 e. The Labute approximate surface area is 82.3 Å². The van der Waals surface area contributed by atoms with Gasteiger partial charge < -0.3 is 9.64 Å². The van der Waals surface area contributed by atoms with Gasteiger partial charge in [0.25, 0.3) is 0 Å². The Morgan fingerprint density at radius 1 is 1.46 bits per heavy atom. The monoisotopic (exact) mass is 185 g/mol. The number of rotatable bonds is 4. The molecule has 0 bridgehead atoms. The molecule has 78 valence electrons. The van der Waals surface area contributed by atoms with Gasteiger partial charge in [-0.2, -0.15) is 0 Å². The summed E-state index contributed by atoms with van der Waals surface area (Å²) in [6.45, 7) is 8.82. The van der Waals surface area contributed by atoms with Crippen molar-refractivity contribution < 1.29 is 4.74 Å². The van der Waals surface area contributed by atoms with Gasteiger partial charge in [0, 0.05) is 19.2 Å². The lowest BCUT2D eigenvalue weighted by atomic mass is 9.98. The van der Waals surface area contributed by atoms with Crippen molar-refractivity contribution in [2.45, 2.75) is 51.7 Å². The summed E-state index contributed by atoms with van der Waals surface area (Å²) in [5.41, 5.74) is 0.170. The van der Waals surface area contributed by atoms with Crippen molar-refractivity contribution in [3.05, 3.63) is 0 Å². The zero-order valence-corrected chi connectivity index (χ0v) is 9.47. The fraction of sp³-hybridized carbons (Fsp3) is 1.00. The average Bonchev–Trinajstić information content (AvgIpc) is 2.48. The maximum absolute atomic E-state index is 5.74. The minimum atomic E-state index is 0.170. The molecule has 0 radical (unpaired) electrons. The molecule has 0 aromatic rings. The van der Waals surface area contributed by atoms with E-state index in [-0.39, 0.29) is 5.60 Å². The molecule has 0 amide bonds. The van der Waals surface area contributed by atoms with Crippen LogP contribution in [-0.4, -0.2) is 36.7 Å². The third-order valence-corrected chi connectivity index (χ3v) is 3.18. The average molecular weight is 185 g/mol. The highest BCUT2D eigenvalue weighted by molar-refractivity contribution is 4.81. The molecule has 0 aliphatic carbocycles. The lowest BCUT2D eigenvalue weighted by Gasteiger charge is -2.28. The highest BCUT2D eigenvalue weighted by Gasteiger charge is 2.29. The first-order valence-electron chi connectivity index (χ1n) is 5.38. The van der Waals surface area contributed by atoms with E-state index in [0.717, 1.165) is 13.2 Å². The minimum Gasteiger partial charge on any atom is -0.375 e. The van der Waals surface area contributed by atoms with E-state index in [0.29, 0.717) is 6.04 Å². The molecular weight excluding hydrogens is 162 g/mol. The quantitative estimate of drug-likeness (QED) is 0.666. The van der Waals surface area contributed by atoms with Crippen molar-refractivity contribution in [2.75, 3.05) is 20.2 Å². The fourth-order valence-electron chi connectivity index (χ4n) is 1.71. The molecule has 0 N–H and O–H groups in total. The minimum absolute atomic E-state index is 0.170. The number of hydrogen-bond donors (Lipinski definition) is 0. The van der Waals surface area contributed by atoms with E-state index in [2.05, 4.69) is 32.7 Å². The normalized spacial score (nSPS) is 29.1. The summed E-state index contributed by atoms with van der Waals surface area (Å²) in [6.07, 6.45) is 3.64. The van der Waals surface area contributed by atoms with Crippen LogP contribution in [0.15, 0.2) is 0 Å². The number of ether oxygens (including phenoxy) is 1. The summed E-state index contributed by atoms with van der Waals surface area (Å²) in [5, 5.41) is 0. The van der Waals surface area contributed by atoms with Crippen LogP contribution < -0.4 is 0 Å². The maximum Gasteiger partial charge on any atom is 0.0667 e. The van der Waals surface area contributed by atoms with Gasteiger partial charge in [0.05, 0.1) is 5.60 Å². The van der Waals surface area contributed by atoms with E-state index in [9.17, 15) is 0 Å². The number of hydrogen-bond acceptors (Lipinski definition) is 2. The zero-order chi connectivity index (χ0) is 9.90. The van der Waals surface area contributed by atoms with Gasteiger partial charge in [-0.3, -0.25) is 0 Å². The number of nitrogens with zero attached hydrogens (tertiary/aromatic N) is 1. The first-order valence-corrected chi connectivity index (χ1v) is 5.38. The van der Waals surface area contributed by atoms with Crippen molar-refractivity contribution >= 4 is 0 Å². The molecule has 1 fully saturated rings. The van der Waals surface area contributed by atoms with Gasteiger partial charge in [0.1, 0.15) is 0 Å². The SMILES string of the molecule is CC(C)N(C)CCC1(C)CCCO1. The molecule has 2 heteroatoms. The molecule has 0 aromatic carbocycles. The first kappa shape index (κ1) is 11.0. The van der Waals surface area contributed by atoms with Gasteiger partial charge in [0.15, 0.2) is 0 Å². The Balaban J connectivity index is 2.24. The third kappa shape index (κ3) is 3.28. The summed E-state index contributed by atoms with van der Waals surface area (Å²) in [4.78, 5) is 2.38. The van der Waals surface area contributed by atoms with Gasteiger partial charge in [-0.1, -0.05) is 0 Å². The summed E-state index contributed by atoms with van der Waals surface area (Å²) in [6, 6.07) is 0.644. The topological polar surface area (TPSA) is 12.5 Å². The molecule has 1 unspecified atom stereocenters. The predicted octanol–water partition coefficient (Wildman–Crippen LogP) is 2.29. The summed E-state index contributed by atoms with van der Waals surface area (Å²) in [7, 11) is 2.18. The Morgan fingerprint density at radius 2 is 2.15 bits per heavy atom. The van der Waals surface area contributed by atoms with Crippen LogP contribution in [0.1, 0.15) is 40.0 Å². The van der Waals surface area contributed by atoms with Crippen molar-refractivity contribution in [3.8, 4) is 0 Å². The summed E-state index contributed by atoms with van der Waals surface area (Å²) < 4.78 is 5.74. The van der Waals surface area contributed by atoms with Gasteiger partial charge in [-0.05, 0) is 47.1 Å². The predicted molar refractivity (Wildman–Crippen MR) is 56.0 cm³/mol. The standard InChI is InChI=1S/C11H23NO/c1-10(2)12(4)8-7-11(3)6-5-9-13-11/h10H,5-9H2,1-4H3. The second-order valence-corrected chi connectivity index (χ2v) is 4.73. The molecule has 0 saturated carbocycles. The van der Waals surface area contributed by atoms with E-state index >= 15 is 0 Å².